The Balaban J connectivity index is 2.78. The molecule has 1 aliphatic heterocycles. The summed E-state index contributed by atoms with van der Waals surface area (Å²) in [7, 11) is 0. The normalized spacial score (nSPS) is 17.7. The first kappa shape index (κ1) is 12.9. The number of rotatable bonds is 0. The molecule has 0 atom stereocenters. The van der Waals surface area contributed by atoms with Gasteiger partial charge in [0, 0.05) is 0 Å². The average molecular weight is 294 g/mol. The molecule has 0 saturated carbocycles. The first-order valence-electron chi connectivity index (χ1n) is 6.11. The van der Waals surface area contributed by atoms with Gasteiger partial charge in [-0.3, -0.25) is 0 Å². The van der Waals surface area contributed by atoms with Gasteiger partial charge in [-0.2, -0.15) is 0 Å². The van der Waals surface area contributed by atoms with Crippen molar-refractivity contribution < 1.29 is 0 Å². The SMILES string of the molecule is CC1=Nc2c(C)c(C)c(C)c(C)c2[Se]C1(C)C. The molecule has 0 unspecified atom stereocenters. The topological polar surface area (TPSA) is 12.4 Å². The third-order valence-electron chi connectivity index (χ3n) is 4.11. The van der Waals surface area contributed by atoms with Gasteiger partial charge in [-0.15, -0.1) is 0 Å². The molecule has 0 spiro atoms. The Kier molecular flexibility index (Phi) is 3.00. The van der Waals surface area contributed by atoms with Gasteiger partial charge in [-0.25, -0.2) is 0 Å². The molecule has 92 valence electrons. The Morgan fingerprint density at radius 3 is 1.94 bits per heavy atom. The van der Waals surface area contributed by atoms with E-state index in [0.717, 1.165) is 0 Å². The van der Waals surface area contributed by atoms with Crippen LogP contribution in [0, 0.1) is 27.7 Å². The predicted octanol–water partition coefficient (Wildman–Crippen LogP) is 3.55. The number of hydrogen-bond acceptors (Lipinski definition) is 1. The number of nitrogens with zero attached hydrogens (tertiary/aromatic N) is 1. The molecule has 0 aromatic heterocycles. The van der Waals surface area contributed by atoms with Crippen LogP contribution in [-0.2, 0) is 0 Å². The van der Waals surface area contributed by atoms with Crippen LogP contribution in [0.5, 0.6) is 0 Å². The zero-order chi connectivity index (χ0) is 13.0. The fourth-order valence-electron chi connectivity index (χ4n) is 2.15. The second-order valence-corrected chi connectivity index (χ2v) is 8.91. The van der Waals surface area contributed by atoms with Gasteiger partial charge < -0.3 is 0 Å². The van der Waals surface area contributed by atoms with E-state index in [1.165, 1.54) is 38.1 Å². The third kappa shape index (κ3) is 1.88. The summed E-state index contributed by atoms with van der Waals surface area (Å²) in [5.74, 6) is 0. The summed E-state index contributed by atoms with van der Waals surface area (Å²) in [4.78, 5) is 4.89. The van der Waals surface area contributed by atoms with Crippen LogP contribution in [0.25, 0.3) is 0 Å². The quantitative estimate of drug-likeness (QED) is 0.649. The van der Waals surface area contributed by atoms with Gasteiger partial charge in [0.2, 0.25) is 0 Å². The van der Waals surface area contributed by atoms with E-state index in [1.54, 1.807) is 0 Å². The van der Waals surface area contributed by atoms with Gasteiger partial charge in [-0.05, 0) is 0 Å². The molecule has 0 amide bonds. The molecule has 1 aromatic carbocycles. The number of benzene rings is 1. The molecular formula is C15H21NSe. The number of fused-ring (bicyclic) bond motifs is 1. The Morgan fingerprint density at radius 2 is 1.35 bits per heavy atom. The van der Waals surface area contributed by atoms with E-state index in [9.17, 15) is 0 Å². The summed E-state index contributed by atoms with van der Waals surface area (Å²) in [6.07, 6.45) is 0. The van der Waals surface area contributed by atoms with Crippen molar-refractivity contribution in [2.45, 2.75) is 52.8 Å². The Morgan fingerprint density at radius 1 is 0.824 bits per heavy atom. The molecule has 2 rings (SSSR count). The molecule has 0 N–H and O–H groups in total. The van der Waals surface area contributed by atoms with E-state index >= 15 is 0 Å². The van der Waals surface area contributed by atoms with E-state index in [0.29, 0.717) is 15.0 Å². The monoisotopic (exact) mass is 295 g/mol. The standard InChI is InChI=1S/C15H21NSe/c1-8-9(2)11(4)14-13(10(8)3)16-12(5)15(6,7)17-14/h1-7H3. The van der Waals surface area contributed by atoms with Gasteiger partial charge in [0.25, 0.3) is 0 Å². The van der Waals surface area contributed by atoms with E-state index in [4.69, 9.17) is 4.99 Å². The van der Waals surface area contributed by atoms with Crippen LogP contribution in [-0.4, -0.2) is 20.7 Å². The van der Waals surface area contributed by atoms with Crippen molar-refractivity contribution in [3.63, 3.8) is 0 Å². The third-order valence-corrected chi connectivity index (χ3v) is 7.27. The Hall–Kier alpha value is -0.591. The van der Waals surface area contributed by atoms with E-state index in [1.807, 2.05) is 0 Å². The van der Waals surface area contributed by atoms with Crippen molar-refractivity contribution in [2.75, 3.05) is 0 Å². The van der Waals surface area contributed by atoms with E-state index in [2.05, 4.69) is 48.5 Å². The fourth-order valence-corrected chi connectivity index (χ4v) is 4.89. The van der Waals surface area contributed by atoms with Crippen LogP contribution < -0.4 is 4.46 Å². The van der Waals surface area contributed by atoms with Crippen LogP contribution in [0.3, 0.4) is 0 Å². The van der Waals surface area contributed by atoms with Crippen LogP contribution in [0.4, 0.5) is 5.69 Å². The molecule has 2 heteroatoms. The van der Waals surface area contributed by atoms with Crippen molar-refractivity contribution in [2.24, 2.45) is 4.99 Å². The molecular weight excluding hydrogens is 273 g/mol. The molecule has 0 fully saturated rings. The molecule has 1 heterocycles. The molecule has 1 nitrogen and oxygen atoms in total. The first-order chi connectivity index (χ1) is 7.75. The summed E-state index contributed by atoms with van der Waals surface area (Å²) in [6, 6.07) is 0. The molecule has 1 aliphatic rings. The summed E-state index contributed by atoms with van der Waals surface area (Å²) in [5, 5.41) is 0. The molecule has 0 aliphatic carbocycles. The van der Waals surface area contributed by atoms with Crippen LogP contribution in [0.1, 0.15) is 43.0 Å². The molecule has 17 heavy (non-hydrogen) atoms. The summed E-state index contributed by atoms with van der Waals surface area (Å²) in [5.41, 5.74) is 8.26. The van der Waals surface area contributed by atoms with Crippen molar-refractivity contribution >= 4 is 30.8 Å². The molecule has 0 bridgehead atoms. The minimum absolute atomic E-state index is 0.263. The first-order valence-corrected chi connectivity index (χ1v) is 7.82. The Labute approximate surface area is 111 Å². The maximum absolute atomic E-state index is 4.89. The molecule has 1 aromatic rings. The van der Waals surface area contributed by atoms with Crippen molar-refractivity contribution in [3.05, 3.63) is 22.3 Å². The van der Waals surface area contributed by atoms with Crippen molar-refractivity contribution in [1.82, 2.24) is 0 Å². The fraction of sp³-hybridized carbons (Fsp3) is 0.533. The van der Waals surface area contributed by atoms with E-state index < -0.39 is 0 Å². The predicted molar refractivity (Wildman–Crippen MR) is 77.6 cm³/mol. The minimum atomic E-state index is 0.263. The summed E-state index contributed by atoms with van der Waals surface area (Å²) in [6.45, 7) is 15.7. The average Bonchev–Trinajstić information content (AvgIpc) is 2.26. The second-order valence-electron chi connectivity index (χ2n) is 5.49. The zero-order valence-corrected chi connectivity index (χ0v) is 13.6. The van der Waals surface area contributed by atoms with Gasteiger partial charge in [0.05, 0.1) is 0 Å². The second kappa shape index (κ2) is 3.96. The van der Waals surface area contributed by atoms with Crippen molar-refractivity contribution in [1.29, 1.82) is 0 Å². The maximum atomic E-state index is 4.89. The van der Waals surface area contributed by atoms with Crippen LogP contribution in [0.15, 0.2) is 4.99 Å². The van der Waals surface area contributed by atoms with Crippen LogP contribution >= 0.6 is 0 Å². The van der Waals surface area contributed by atoms with E-state index in [-0.39, 0.29) is 4.31 Å². The zero-order valence-electron chi connectivity index (χ0n) is 11.9. The number of hydrogen-bond donors (Lipinski definition) is 0. The van der Waals surface area contributed by atoms with Gasteiger partial charge >= 0.3 is 111 Å². The van der Waals surface area contributed by atoms with Gasteiger partial charge in [0.15, 0.2) is 0 Å². The number of aliphatic imine (C=N–C) groups is 1. The van der Waals surface area contributed by atoms with Gasteiger partial charge in [-0.1, -0.05) is 0 Å². The Bertz CT molecular complexity index is 524. The molecule has 0 radical (unpaired) electrons. The summed E-state index contributed by atoms with van der Waals surface area (Å²) < 4.78 is 1.78. The summed E-state index contributed by atoms with van der Waals surface area (Å²) >= 11 is 0.488. The van der Waals surface area contributed by atoms with Crippen LogP contribution in [0.2, 0.25) is 4.31 Å². The molecule has 0 saturated heterocycles. The van der Waals surface area contributed by atoms with Crippen molar-refractivity contribution in [3.8, 4) is 0 Å². The van der Waals surface area contributed by atoms with Gasteiger partial charge in [0.1, 0.15) is 0 Å².